The summed E-state index contributed by atoms with van der Waals surface area (Å²) in [5.74, 6) is -4.13. The summed E-state index contributed by atoms with van der Waals surface area (Å²) in [5.41, 5.74) is 1.35. The zero-order chi connectivity index (χ0) is 22.1. The Balaban J connectivity index is 1.65. The van der Waals surface area contributed by atoms with E-state index < -0.39 is 35.5 Å². The maximum Gasteiger partial charge on any atom is 0.341 e. The molecule has 6 nitrogen and oxygen atoms in total. The van der Waals surface area contributed by atoms with Crippen LogP contribution in [0.25, 0.3) is 11.1 Å². The molecule has 2 N–H and O–H groups in total. The van der Waals surface area contributed by atoms with Gasteiger partial charge in [0.25, 0.3) is 0 Å². The number of carbonyl (C=O) groups is 3. The lowest BCUT2D eigenvalue weighted by molar-refractivity contribution is -0.146. The van der Waals surface area contributed by atoms with Crippen LogP contribution in [0.15, 0.2) is 41.8 Å². The number of rotatable bonds is 7. The van der Waals surface area contributed by atoms with Crippen molar-refractivity contribution in [1.29, 1.82) is 0 Å². The molecule has 0 unspecified atom stereocenters. The van der Waals surface area contributed by atoms with Crippen molar-refractivity contribution >= 4 is 34.2 Å². The molecule has 1 aromatic heterocycles. The molecule has 1 fully saturated rings. The number of esters is 1. The number of anilines is 1. The Morgan fingerprint density at radius 3 is 2.48 bits per heavy atom. The van der Waals surface area contributed by atoms with Crippen LogP contribution in [0.4, 0.5) is 9.39 Å². The largest absolute Gasteiger partial charge is 0.481 e. The second-order valence-electron chi connectivity index (χ2n) is 7.82. The minimum absolute atomic E-state index is 0.127. The first-order chi connectivity index (χ1) is 14.9. The van der Waals surface area contributed by atoms with Gasteiger partial charge in [0.1, 0.15) is 16.4 Å². The highest BCUT2D eigenvalue weighted by Gasteiger charge is 2.51. The Labute approximate surface area is 182 Å². The Morgan fingerprint density at radius 1 is 1.16 bits per heavy atom. The van der Waals surface area contributed by atoms with Crippen molar-refractivity contribution < 1.29 is 28.6 Å². The smallest absolute Gasteiger partial charge is 0.341 e. The number of benzene rings is 1. The number of fused-ring (bicyclic) bond motifs is 2. The van der Waals surface area contributed by atoms with E-state index in [4.69, 9.17) is 4.74 Å². The molecule has 1 saturated carbocycles. The van der Waals surface area contributed by atoms with Gasteiger partial charge < -0.3 is 15.2 Å². The predicted octanol–water partition coefficient (Wildman–Crippen LogP) is 4.58. The molecule has 2 aliphatic carbocycles. The van der Waals surface area contributed by atoms with Crippen LogP contribution in [0.5, 0.6) is 0 Å². The lowest BCUT2D eigenvalue weighted by Crippen LogP contribution is -2.36. The standard InChI is InChI=1S/C23H22FNO5S/c1-2-9-30-23(29)19-16(12-5-7-15(24)8-6-12)11-31-21(19)25-20(26)17-13-3-4-14(10-13)18(17)22(27)28/h3-8,11,13-14,17-18H,2,9-10H2,1H3,(H,25,26)(H,27,28)/t13-,14+,17+,18+/m1/s1. The van der Waals surface area contributed by atoms with E-state index in [1.54, 1.807) is 17.5 Å². The van der Waals surface area contributed by atoms with E-state index in [0.717, 1.165) is 11.3 Å². The number of ether oxygens (including phenoxy) is 1. The van der Waals surface area contributed by atoms with Gasteiger partial charge in [-0.15, -0.1) is 11.3 Å². The third-order valence-corrected chi connectivity index (χ3v) is 6.77. The fourth-order valence-corrected chi connectivity index (χ4v) is 5.43. The number of amides is 1. The summed E-state index contributed by atoms with van der Waals surface area (Å²) >= 11 is 1.16. The highest BCUT2D eigenvalue weighted by atomic mass is 32.1. The zero-order valence-corrected chi connectivity index (χ0v) is 17.7. The number of thiophene rings is 1. The van der Waals surface area contributed by atoms with Crippen LogP contribution < -0.4 is 5.32 Å². The van der Waals surface area contributed by atoms with E-state index in [-0.39, 0.29) is 24.0 Å². The third-order valence-electron chi connectivity index (χ3n) is 5.87. The second-order valence-corrected chi connectivity index (χ2v) is 8.70. The molecule has 2 aliphatic rings. The van der Waals surface area contributed by atoms with E-state index in [1.807, 2.05) is 19.1 Å². The molecule has 0 saturated heterocycles. The first kappa shape index (κ1) is 21.2. The number of allylic oxidation sites excluding steroid dienone is 2. The molecule has 4 rings (SSSR count). The minimum Gasteiger partial charge on any atom is -0.481 e. The molecule has 1 heterocycles. The molecule has 1 aromatic carbocycles. The van der Waals surface area contributed by atoms with E-state index in [1.165, 1.54) is 12.1 Å². The molecule has 1 amide bonds. The number of aliphatic carboxylic acids is 1. The fourth-order valence-electron chi connectivity index (χ4n) is 4.47. The quantitative estimate of drug-likeness (QED) is 0.483. The third kappa shape index (κ3) is 3.99. The maximum absolute atomic E-state index is 13.4. The van der Waals surface area contributed by atoms with Gasteiger partial charge in [-0.25, -0.2) is 9.18 Å². The normalized spacial score (nSPS) is 23.7. The topological polar surface area (TPSA) is 92.7 Å². The molecule has 2 bridgehead atoms. The van der Waals surface area contributed by atoms with Gasteiger partial charge in [-0.1, -0.05) is 31.2 Å². The molecule has 8 heteroatoms. The number of carboxylic acid groups (broad SMARTS) is 1. The fraction of sp³-hybridized carbons (Fsp3) is 0.348. The molecule has 0 spiro atoms. The van der Waals surface area contributed by atoms with Gasteiger partial charge >= 0.3 is 11.9 Å². The lowest BCUT2D eigenvalue weighted by atomic mass is 9.82. The van der Waals surface area contributed by atoms with Gasteiger partial charge in [0.2, 0.25) is 5.91 Å². The summed E-state index contributed by atoms with van der Waals surface area (Å²) in [4.78, 5) is 37.7. The molecule has 31 heavy (non-hydrogen) atoms. The van der Waals surface area contributed by atoms with E-state index in [9.17, 15) is 23.9 Å². The molecule has 0 aliphatic heterocycles. The van der Waals surface area contributed by atoms with Crippen molar-refractivity contribution in [3.8, 4) is 11.1 Å². The van der Waals surface area contributed by atoms with Crippen LogP contribution >= 0.6 is 11.3 Å². The van der Waals surface area contributed by atoms with Crippen molar-refractivity contribution in [1.82, 2.24) is 0 Å². The highest BCUT2D eigenvalue weighted by Crippen LogP contribution is 2.49. The van der Waals surface area contributed by atoms with Crippen LogP contribution in [-0.4, -0.2) is 29.6 Å². The van der Waals surface area contributed by atoms with Crippen LogP contribution in [0.3, 0.4) is 0 Å². The van der Waals surface area contributed by atoms with Crippen molar-refractivity contribution in [3.63, 3.8) is 0 Å². The van der Waals surface area contributed by atoms with Gasteiger partial charge in [0.15, 0.2) is 0 Å². The summed E-state index contributed by atoms with van der Waals surface area (Å²) < 4.78 is 18.7. The van der Waals surface area contributed by atoms with E-state index in [0.29, 0.717) is 29.0 Å². The Kier molecular flexibility index (Phi) is 5.91. The van der Waals surface area contributed by atoms with Crippen LogP contribution in [0.2, 0.25) is 0 Å². The number of carboxylic acids is 1. The average Bonchev–Trinajstić information content (AvgIpc) is 3.47. The maximum atomic E-state index is 13.4. The zero-order valence-electron chi connectivity index (χ0n) is 16.8. The Bertz CT molecular complexity index is 1040. The van der Waals surface area contributed by atoms with Gasteiger partial charge in [-0.2, -0.15) is 0 Å². The molecule has 162 valence electrons. The number of halogens is 1. The molecular weight excluding hydrogens is 421 g/mol. The molecule has 4 atom stereocenters. The number of carbonyl (C=O) groups excluding carboxylic acids is 2. The lowest BCUT2D eigenvalue weighted by Gasteiger charge is -2.23. The summed E-state index contributed by atoms with van der Waals surface area (Å²) in [5, 5.41) is 14.4. The first-order valence-corrected chi connectivity index (χ1v) is 11.0. The van der Waals surface area contributed by atoms with Crippen LogP contribution in [0.1, 0.15) is 30.1 Å². The number of hydrogen-bond acceptors (Lipinski definition) is 5. The first-order valence-electron chi connectivity index (χ1n) is 10.2. The average molecular weight is 443 g/mol. The number of nitrogens with one attached hydrogen (secondary N) is 1. The molecule has 0 radical (unpaired) electrons. The van der Waals surface area contributed by atoms with Crippen molar-refractivity contribution in [3.05, 3.63) is 53.2 Å². The number of hydrogen-bond donors (Lipinski definition) is 2. The van der Waals surface area contributed by atoms with E-state index >= 15 is 0 Å². The summed E-state index contributed by atoms with van der Waals surface area (Å²) in [6.07, 6.45) is 5.06. The van der Waals surface area contributed by atoms with Crippen LogP contribution in [0, 0.1) is 29.5 Å². The van der Waals surface area contributed by atoms with Crippen LogP contribution in [-0.2, 0) is 14.3 Å². The molecular formula is C23H22FNO5S. The van der Waals surface area contributed by atoms with Crippen molar-refractivity contribution in [2.75, 3.05) is 11.9 Å². The van der Waals surface area contributed by atoms with Crippen molar-refractivity contribution in [2.24, 2.45) is 23.7 Å². The highest BCUT2D eigenvalue weighted by molar-refractivity contribution is 7.15. The second kappa shape index (κ2) is 8.63. The summed E-state index contributed by atoms with van der Waals surface area (Å²) in [6.45, 7) is 2.10. The van der Waals surface area contributed by atoms with Gasteiger partial charge in [-0.3, -0.25) is 9.59 Å². The van der Waals surface area contributed by atoms with Gasteiger partial charge in [-0.05, 0) is 42.4 Å². The Hall–Kier alpha value is -3.00. The monoisotopic (exact) mass is 443 g/mol. The summed E-state index contributed by atoms with van der Waals surface area (Å²) in [6, 6.07) is 5.71. The van der Waals surface area contributed by atoms with Gasteiger partial charge in [0.05, 0.1) is 18.4 Å². The Morgan fingerprint density at radius 2 is 1.84 bits per heavy atom. The summed E-state index contributed by atoms with van der Waals surface area (Å²) in [7, 11) is 0. The van der Waals surface area contributed by atoms with E-state index in [2.05, 4.69) is 5.32 Å². The van der Waals surface area contributed by atoms with Gasteiger partial charge in [0, 0.05) is 10.9 Å². The predicted molar refractivity (Wildman–Crippen MR) is 114 cm³/mol. The minimum atomic E-state index is -0.988. The molecule has 2 aromatic rings. The SMILES string of the molecule is CCCOC(=O)c1c(-c2ccc(F)cc2)csc1NC(=O)[C@@H]1[C@@H](C(=O)O)[C@H]2C=C[C@@H]1C2. The van der Waals surface area contributed by atoms with Crippen molar-refractivity contribution in [2.45, 2.75) is 19.8 Å².